The number of rotatable bonds is 7. The summed E-state index contributed by atoms with van der Waals surface area (Å²) < 4.78 is 0. The van der Waals surface area contributed by atoms with Gasteiger partial charge in [0.05, 0.1) is 17.7 Å². The topological polar surface area (TPSA) is 53.5 Å². The molecule has 2 aliphatic rings. The first-order valence-corrected chi connectivity index (χ1v) is 10.3. The summed E-state index contributed by atoms with van der Waals surface area (Å²) in [5.74, 6) is -0.372. The molecule has 0 atom stereocenters. The average Bonchev–Trinajstić information content (AvgIpc) is 3.22. The summed E-state index contributed by atoms with van der Waals surface area (Å²) in [6.45, 7) is 6.90. The van der Waals surface area contributed by atoms with Gasteiger partial charge >= 0.3 is 0 Å². The second kappa shape index (κ2) is 7.84. The maximum Gasteiger partial charge on any atom is 0.261 e. The van der Waals surface area contributed by atoms with Crippen molar-refractivity contribution in [1.29, 1.82) is 0 Å². The molecule has 1 aromatic carbocycles. The Balaban J connectivity index is 1.56. The predicted molar refractivity (Wildman–Crippen MR) is 108 cm³/mol. The Morgan fingerprint density at radius 2 is 1.64 bits per heavy atom. The number of nitrogens with zero attached hydrogens (tertiary/aromatic N) is 3. The molecule has 1 aliphatic heterocycles. The van der Waals surface area contributed by atoms with Crippen LogP contribution in [-0.4, -0.2) is 45.7 Å². The SMILES string of the molecule is CCCN(CCC)C1Cc2cc3c(cc2C1)C(=O)N(Cc1cccnc1)C3=O. The molecule has 0 unspecified atom stereocenters. The van der Waals surface area contributed by atoms with E-state index in [2.05, 4.69) is 23.7 Å². The summed E-state index contributed by atoms with van der Waals surface area (Å²) in [5, 5.41) is 0. The van der Waals surface area contributed by atoms with Crippen molar-refractivity contribution in [3.63, 3.8) is 0 Å². The number of amides is 2. The summed E-state index contributed by atoms with van der Waals surface area (Å²) in [7, 11) is 0. The molecule has 0 spiro atoms. The summed E-state index contributed by atoms with van der Waals surface area (Å²) in [6.07, 6.45) is 7.60. The molecule has 0 saturated carbocycles. The molecule has 0 bridgehead atoms. The van der Waals surface area contributed by atoms with Gasteiger partial charge in [-0.1, -0.05) is 19.9 Å². The molecule has 1 aliphatic carbocycles. The fraction of sp³-hybridized carbons (Fsp3) is 0.435. The highest BCUT2D eigenvalue weighted by Gasteiger charge is 2.38. The van der Waals surface area contributed by atoms with E-state index in [1.54, 1.807) is 12.4 Å². The largest absolute Gasteiger partial charge is 0.300 e. The van der Waals surface area contributed by atoms with Crippen LogP contribution in [0.3, 0.4) is 0 Å². The van der Waals surface area contributed by atoms with Crippen LogP contribution >= 0.6 is 0 Å². The molecule has 2 aromatic rings. The highest BCUT2D eigenvalue weighted by molar-refractivity contribution is 6.21. The Morgan fingerprint density at radius 3 is 2.14 bits per heavy atom. The number of carbonyl (C=O) groups is 2. The number of carbonyl (C=O) groups excluding carboxylic acids is 2. The Kier molecular flexibility index (Phi) is 5.27. The minimum absolute atomic E-state index is 0.186. The third kappa shape index (κ3) is 3.35. The third-order valence-corrected chi connectivity index (χ3v) is 5.80. The zero-order valence-corrected chi connectivity index (χ0v) is 16.6. The monoisotopic (exact) mass is 377 g/mol. The van der Waals surface area contributed by atoms with Gasteiger partial charge in [-0.15, -0.1) is 0 Å². The van der Waals surface area contributed by atoms with E-state index < -0.39 is 0 Å². The fourth-order valence-electron chi connectivity index (χ4n) is 4.51. The highest BCUT2D eigenvalue weighted by Crippen LogP contribution is 2.33. The number of benzene rings is 1. The molecule has 0 saturated heterocycles. The van der Waals surface area contributed by atoms with E-state index in [9.17, 15) is 9.59 Å². The van der Waals surface area contributed by atoms with Crippen molar-refractivity contribution in [1.82, 2.24) is 14.8 Å². The van der Waals surface area contributed by atoms with E-state index in [-0.39, 0.29) is 18.4 Å². The van der Waals surface area contributed by atoms with Crippen LogP contribution in [0.15, 0.2) is 36.7 Å². The van der Waals surface area contributed by atoms with Crippen LogP contribution in [0.1, 0.15) is 64.1 Å². The van der Waals surface area contributed by atoms with E-state index in [0.717, 1.165) is 44.3 Å². The number of hydrogen-bond donors (Lipinski definition) is 0. The summed E-state index contributed by atoms with van der Waals surface area (Å²) in [4.78, 5) is 33.8. The standard InChI is InChI=1S/C23H27N3O2/c1-3-8-25(9-4-2)19-10-17-12-20-21(13-18(17)11-19)23(28)26(22(20)27)15-16-6-5-7-24-14-16/h5-7,12-14,19H,3-4,8-11,15H2,1-2H3. The lowest BCUT2D eigenvalue weighted by atomic mass is 10.0. The van der Waals surface area contributed by atoms with Gasteiger partial charge in [-0.3, -0.25) is 24.4 Å². The summed E-state index contributed by atoms with van der Waals surface area (Å²) in [5.41, 5.74) is 4.44. The normalized spacial score (nSPS) is 16.2. The lowest BCUT2D eigenvalue weighted by Gasteiger charge is -2.27. The zero-order chi connectivity index (χ0) is 19.7. The average molecular weight is 377 g/mol. The number of aromatic nitrogens is 1. The molecule has 5 heteroatoms. The molecular formula is C23H27N3O2. The van der Waals surface area contributed by atoms with Gasteiger partial charge in [0.15, 0.2) is 0 Å². The summed E-state index contributed by atoms with van der Waals surface area (Å²) in [6, 6.07) is 8.14. The summed E-state index contributed by atoms with van der Waals surface area (Å²) >= 11 is 0. The second-order valence-corrected chi connectivity index (χ2v) is 7.82. The fourth-order valence-corrected chi connectivity index (χ4v) is 4.51. The quantitative estimate of drug-likeness (QED) is 0.694. The van der Waals surface area contributed by atoms with E-state index in [1.165, 1.54) is 16.0 Å². The Morgan fingerprint density at radius 1 is 1.04 bits per heavy atom. The van der Waals surface area contributed by atoms with Crippen molar-refractivity contribution >= 4 is 11.8 Å². The zero-order valence-electron chi connectivity index (χ0n) is 16.6. The lowest BCUT2D eigenvalue weighted by Crippen LogP contribution is -2.37. The van der Waals surface area contributed by atoms with Crippen LogP contribution in [-0.2, 0) is 19.4 Å². The van der Waals surface area contributed by atoms with Crippen molar-refractivity contribution in [2.45, 2.75) is 52.1 Å². The number of fused-ring (bicyclic) bond motifs is 2. The molecular weight excluding hydrogens is 350 g/mol. The smallest absolute Gasteiger partial charge is 0.261 e. The molecule has 1 aromatic heterocycles. The van der Waals surface area contributed by atoms with Gasteiger partial charge in [-0.2, -0.15) is 0 Å². The first kappa shape index (κ1) is 18.8. The van der Waals surface area contributed by atoms with Gasteiger partial charge in [0.2, 0.25) is 0 Å². The minimum atomic E-state index is -0.186. The first-order valence-electron chi connectivity index (χ1n) is 10.3. The van der Waals surface area contributed by atoms with Crippen molar-refractivity contribution in [2.24, 2.45) is 0 Å². The molecule has 28 heavy (non-hydrogen) atoms. The minimum Gasteiger partial charge on any atom is -0.300 e. The molecule has 0 fully saturated rings. The van der Waals surface area contributed by atoms with Crippen molar-refractivity contribution in [3.05, 3.63) is 64.5 Å². The number of hydrogen-bond acceptors (Lipinski definition) is 4. The van der Waals surface area contributed by atoms with Gasteiger partial charge < -0.3 is 0 Å². The maximum absolute atomic E-state index is 12.9. The molecule has 146 valence electrons. The number of pyridine rings is 1. The molecule has 0 radical (unpaired) electrons. The molecule has 4 rings (SSSR count). The van der Waals surface area contributed by atoms with Gasteiger partial charge in [0, 0.05) is 18.4 Å². The lowest BCUT2D eigenvalue weighted by molar-refractivity contribution is 0.0642. The van der Waals surface area contributed by atoms with Gasteiger partial charge in [-0.25, -0.2) is 0 Å². The first-order chi connectivity index (χ1) is 13.6. The van der Waals surface area contributed by atoms with Crippen LogP contribution in [0.5, 0.6) is 0 Å². The molecule has 0 N–H and O–H groups in total. The van der Waals surface area contributed by atoms with Gasteiger partial charge in [-0.05, 0) is 73.7 Å². The van der Waals surface area contributed by atoms with E-state index >= 15 is 0 Å². The maximum atomic E-state index is 12.9. The van der Waals surface area contributed by atoms with Crippen molar-refractivity contribution in [3.8, 4) is 0 Å². The van der Waals surface area contributed by atoms with E-state index in [1.807, 2.05) is 24.3 Å². The molecule has 5 nitrogen and oxygen atoms in total. The van der Waals surface area contributed by atoms with Crippen LogP contribution < -0.4 is 0 Å². The van der Waals surface area contributed by atoms with Gasteiger partial charge in [0.25, 0.3) is 11.8 Å². The molecule has 2 amide bonds. The van der Waals surface area contributed by atoms with E-state index in [4.69, 9.17) is 0 Å². The molecule has 2 heterocycles. The Bertz CT molecular complexity index is 843. The highest BCUT2D eigenvalue weighted by atomic mass is 16.2. The van der Waals surface area contributed by atoms with Crippen LogP contribution in [0.25, 0.3) is 0 Å². The van der Waals surface area contributed by atoms with Crippen molar-refractivity contribution < 1.29 is 9.59 Å². The number of imide groups is 1. The van der Waals surface area contributed by atoms with Crippen LogP contribution in [0.2, 0.25) is 0 Å². The third-order valence-electron chi connectivity index (χ3n) is 5.80. The van der Waals surface area contributed by atoms with Crippen LogP contribution in [0.4, 0.5) is 0 Å². The Hall–Kier alpha value is -2.53. The van der Waals surface area contributed by atoms with E-state index in [0.29, 0.717) is 17.2 Å². The van der Waals surface area contributed by atoms with Crippen molar-refractivity contribution in [2.75, 3.05) is 13.1 Å². The Labute approximate surface area is 166 Å². The van der Waals surface area contributed by atoms with Crippen LogP contribution in [0, 0.1) is 0 Å². The predicted octanol–water partition coefficient (Wildman–Crippen LogP) is 3.47. The second-order valence-electron chi connectivity index (χ2n) is 7.82. The van der Waals surface area contributed by atoms with Gasteiger partial charge in [0.1, 0.15) is 0 Å².